The molecule has 0 bridgehead atoms. The highest BCUT2D eigenvalue weighted by molar-refractivity contribution is 6.01. The zero-order chi connectivity index (χ0) is 28.2. The lowest BCUT2D eigenvalue weighted by molar-refractivity contribution is -0.150. The molecule has 0 radical (unpaired) electrons. The first-order valence-corrected chi connectivity index (χ1v) is 13.0. The molecule has 0 saturated carbocycles. The van der Waals surface area contributed by atoms with Gasteiger partial charge in [-0.3, -0.25) is 14.5 Å². The molecule has 1 heterocycles. The third-order valence-electron chi connectivity index (χ3n) is 7.93. The Morgan fingerprint density at radius 1 is 0.897 bits per heavy atom. The molecule has 1 N–H and O–H groups in total. The molecule has 5 nitrogen and oxygen atoms in total. The Hall–Kier alpha value is -3.65. The van der Waals surface area contributed by atoms with Gasteiger partial charge in [-0.2, -0.15) is 13.2 Å². The molecule has 4 rings (SSSR count). The zero-order valence-corrected chi connectivity index (χ0v) is 22.3. The fourth-order valence-electron chi connectivity index (χ4n) is 5.36. The van der Waals surface area contributed by atoms with E-state index in [1.807, 2.05) is 44.2 Å². The van der Waals surface area contributed by atoms with Crippen molar-refractivity contribution >= 4 is 11.9 Å². The van der Waals surface area contributed by atoms with Crippen molar-refractivity contribution < 1.29 is 27.5 Å². The van der Waals surface area contributed by atoms with Crippen molar-refractivity contribution in [3.63, 3.8) is 0 Å². The number of likely N-dealkylation sites (tertiary alicyclic amines) is 1. The minimum absolute atomic E-state index is 0.0669. The van der Waals surface area contributed by atoms with E-state index in [0.717, 1.165) is 17.7 Å². The van der Waals surface area contributed by atoms with Crippen LogP contribution in [0.2, 0.25) is 0 Å². The van der Waals surface area contributed by atoms with Gasteiger partial charge in [0.1, 0.15) is 5.41 Å². The molecule has 1 aliphatic rings. The van der Waals surface area contributed by atoms with Crippen LogP contribution in [0.5, 0.6) is 0 Å². The van der Waals surface area contributed by atoms with Crippen molar-refractivity contribution in [2.75, 3.05) is 20.2 Å². The lowest BCUT2D eigenvalue weighted by Crippen LogP contribution is -2.56. The standard InChI is InChI=1S/C31H33F3N2O3/c1-21(30(2,29(38)39-3)23-9-5-4-6-10-23)36-19-17-25(18-20-36)35-28(37)27-12-8-7-11-26(27)22-13-15-24(16-14-22)31(32,33)34/h4-16,21,25H,17-20H2,1-3H3,(H,35,37). The molecule has 0 aromatic heterocycles. The van der Waals surface area contributed by atoms with Crippen molar-refractivity contribution in [3.05, 3.63) is 95.6 Å². The van der Waals surface area contributed by atoms with Gasteiger partial charge in [0.2, 0.25) is 0 Å². The van der Waals surface area contributed by atoms with E-state index in [1.165, 1.54) is 19.2 Å². The van der Waals surface area contributed by atoms with E-state index >= 15 is 0 Å². The van der Waals surface area contributed by atoms with Gasteiger partial charge >= 0.3 is 12.1 Å². The van der Waals surface area contributed by atoms with Crippen LogP contribution in [-0.4, -0.2) is 49.1 Å². The second kappa shape index (κ2) is 11.6. The minimum atomic E-state index is -4.42. The maximum atomic E-state index is 13.3. The van der Waals surface area contributed by atoms with Crippen LogP contribution in [0.3, 0.4) is 0 Å². The van der Waals surface area contributed by atoms with E-state index in [-0.39, 0.29) is 24.0 Å². The molecule has 1 saturated heterocycles. The summed E-state index contributed by atoms with van der Waals surface area (Å²) < 4.78 is 44.2. The number of alkyl halides is 3. The Bertz CT molecular complexity index is 1290. The Morgan fingerprint density at radius 3 is 2.08 bits per heavy atom. The van der Waals surface area contributed by atoms with Gasteiger partial charge in [0.25, 0.3) is 5.91 Å². The summed E-state index contributed by atoms with van der Waals surface area (Å²) >= 11 is 0. The molecule has 39 heavy (non-hydrogen) atoms. The summed E-state index contributed by atoms with van der Waals surface area (Å²) in [6.07, 6.45) is -3.02. The summed E-state index contributed by atoms with van der Waals surface area (Å²) in [5.74, 6) is -0.558. The molecule has 1 amide bonds. The fourth-order valence-corrected chi connectivity index (χ4v) is 5.36. The van der Waals surface area contributed by atoms with E-state index in [9.17, 15) is 22.8 Å². The Morgan fingerprint density at radius 2 is 1.49 bits per heavy atom. The van der Waals surface area contributed by atoms with Crippen molar-refractivity contribution in [3.8, 4) is 11.1 Å². The number of nitrogens with zero attached hydrogens (tertiary/aromatic N) is 1. The molecule has 3 aromatic carbocycles. The summed E-state index contributed by atoms with van der Waals surface area (Å²) in [5.41, 5.74) is 0.832. The molecular formula is C31H33F3N2O3. The number of nitrogens with one attached hydrogen (secondary N) is 1. The molecule has 3 aromatic rings. The quantitative estimate of drug-likeness (QED) is 0.370. The average Bonchev–Trinajstić information content (AvgIpc) is 2.96. The Labute approximate surface area is 227 Å². The fraction of sp³-hybridized carbons (Fsp3) is 0.355. The van der Waals surface area contributed by atoms with Gasteiger partial charge < -0.3 is 10.1 Å². The lowest BCUT2D eigenvalue weighted by atomic mass is 9.75. The van der Waals surface area contributed by atoms with Gasteiger partial charge in [-0.15, -0.1) is 0 Å². The number of rotatable bonds is 7. The molecule has 206 valence electrons. The van der Waals surface area contributed by atoms with Gasteiger partial charge in [-0.1, -0.05) is 60.7 Å². The number of amides is 1. The number of carbonyl (C=O) groups is 2. The smallest absolute Gasteiger partial charge is 0.416 e. The Balaban J connectivity index is 1.44. The van der Waals surface area contributed by atoms with Crippen molar-refractivity contribution in [1.82, 2.24) is 10.2 Å². The molecule has 1 aliphatic heterocycles. The summed E-state index contributed by atoms with van der Waals surface area (Å²) in [7, 11) is 1.40. The summed E-state index contributed by atoms with van der Waals surface area (Å²) in [5, 5.41) is 3.11. The monoisotopic (exact) mass is 538 g/mol. The highest BCUT2D eigenvalue weighted by Crippen LogP contribution is 2.34. The zero-order valence-electron chi connectivity index (χ0n) is 22.3. The Kier molecular flexibility index (Phi) is 8.45. The van der Waals surface area contributed by atoms with Gasteiger partial charge in [0.15, 0.2) is 0 Å². The number of ether oxygens (including phenoxy) is 1. The first-order chi connectivity index (χ1) is 18.6. The third-order valence-corrected chi connectivity index (χ3v) is 7.93. The average molecular weight is 539 g/mol. The van der Waals surface area contributed by atoms with Crippen LogP contribution < -0.4 is 5.32 Å². The van der Waals surface area contributed by atoms with Crippen LogP contribution in [0.1, 0.15) is 48.2 Å². The number of hydrogen-bond acceptors (Lipinski definition) is 4. The second-order valence-corrected chi connectivity index (χ2v) is 10.1. The number of hydrogen-bond donors (Lipinski definition) is 1. The molecule has 2 atom stereocenters. The van der Waals surface area contributed by atoms with Crippen LogP contribution in [0.15, 0.2) is 78.9 Å². The van der Waals surface area contributed by atoms with Crippen molar-refractivity contribution in [1.29, 1.82) is 0 Å². The predicted molar refractivity (Wildman–Crippen MR) is 144 cm³/mol. The van der Waals surface area contributed by atoms with E-state index in [0.29, 0.717) is 42.6 Å². The first-order valence-electron chi connectivity index (χ1n) is 13.0. The molecule has 0 aliphatic carbocycles. The highest BCUT2D eigenvalue weighted by Gasteiger charge is 2.45. The van der Waals surface area contributed by atoms with Gasteiger partial charge in [-0.25, -0.2) is 0 Å². The van der Waals surface area contributed by atoms with Gasteiger partial charge in [0, 0.05) is 30.7 Å². The van der Waals surface area contributed by atoms with E-state index in [4.69, 9.17) is 4.74 Å². The van der Waals surface area contributed by atoms with Crippen molar-refractivity contribution in [2.45, 2.75) is 50.4 Å². The first kappa shape index (κ1) is 28.4. The van der Waals surface area contributed by atoms with E-state index in [1.54, 1.807) is 24.3 Å². The highest BCUT2D eigenvalue weighted by atomic mass is 19.4. The van der Waals surface area contributed by atoms with Gasteiger partial charge in [0.05, 0.1) is 12.7 Å². The topological polar surface area (TPSA) is 58.6 Å². The third kappa shape index (κ3) is 6.01. The second-order valence-electron chi connectivity index (χ2n) is 10.1. The summed E-state index contributed by atoms with van der Waals surface area (Å²) in [6, 6.07) is 21.2. The molecule has 8 heteroatoms. The van der Waals surface area contributed by atoms with Crippen LogP contribution in [0, 0.1) is 0 Å². The van der Waals surface area contributed by atoms with Crippen LogP contribution >= 0.6 is 0 Å². The largest absolute Gasteiger partial charge is 0.468 e. The number of piperidine rings is 1. The van der Waals surface area contributed by atoms with E-state index in [2.05, 4.69) is 10.2 Å². The van der Waals surface area contributed by atoms with Crippen LogP contribution in [-0.2, 0) is 21.1 Å². The molecular weight excluding hydrogens is 505 g/mol. The summed E-state index contributed by atoms with van der Waals surface area (Å²) in [4.78, 5) is 28.4. The van der Waals surface area contributed by atoms with Crippen molar-refractivity contribution in [2.24, 2.45) is 0 Å². The predicted octanol–water partition coefficient (Wildman–Crippen LogP) is 6.09. The number of carbonyl (C=O) groups excluding carboxylic acids is 2. The SMILES string of the molecule is COC(=O)C(C)(c1ccccc1)C(C)N1CCC(NC(=O)c2ccccc2-c2ccc(C(F)(F)F)cc2)CC1. The minimum Gasteiger partial charge on any atom is -0.468 e. The number of methoxy groups -OCH3 is 1. The maximum Gasteiger partial charge on any atom is 0.416 e. The van der Waals surface area contributed by atoms with E-state index < -0.39 is 17.2 Å². The van der Waals surface area contributed by atoms with Crippen LogP contribution in [0.25, 0.3) is 11.1 Å². The molecule has 0 spiro atoms. The number of benzene rings is 3. The lowest BCUT2D eigenvalue weighted by Gasteiger charge is -2.43. The number of esters is 1. The van der Waals surface area contributed by atoms with Crippen LogP contribution in [0.4, 0.5) is 13.2 Å². The number of halogens is 3. The van der Waals surface area contributed by atoms with Gasteiger partial charge in [-0.05, 0) is 61.6 Å². The summed E-state index contributed by atoms with van der Waals surface area (Å²) in [6.45, 7) is 5.31. The normalized spacial score (nSPS) is 17.2. The molecule has 1 fully saturated rings. The maximum absolute atomic E-state index is 13.3. The molecule has 2 unspecified atom stereocenters.